The molecule has 1 aromatic heterocycles. The zero-order valence-electron chi connectivity index (χ0n) is 13.4. The number of benzene rings is 1. The first-order chi connectivity index (χ1) is 11.7. The quantitative estimate of drug-likeness (QED) is 0.895. The minimum Gasteiger partial charge on any atom is -0.351 e. The molecule has 2 aromatic rings. The van der Waals surface area contributed by atoms with Crippen LogP contribution in [0.2, 0.25) is 0 Å². The number of H-pyrrole nitrogens is 1. The van der Waals surface area contributed by atoms with E-state index in [1.807, 2.05) is 30.5 Å². The summed E-state index contributed by atoms with van der Waals surface area (Å²) in [4.78, 5) is 26.3. The molecule has 2 heterocycles. The van der Waals surface area contributed by atoms with Crippen LogP contribution in [0.1, 0.15) is 29.7 Å². The van der Waals surface area contributed by atoms with E-state index in [9.17, 15) is 9.59 Å². The topological polar surface area (TPSA) is 78.1 Å². The van der Waals surface area contributed by atoms with Crippen LogP contribution in [0.25, 0.3) is 0 Å². The number of amides is 2. The third-order valence-corrected chi connectivity index (χ3v) is 4.88. The van der Waals surface area contributed by atoms with Gasteiger partial charge in [-0.15, -0.1) is 0 Å². The maximum atomic E-state index is 12.5. The number of fused-ring (bicyclic) bond motifs is 2. The molecule has 2 N–H and O–H groups in total. The average molecular weight is 324 g/mol. The van der Waals surface area contributed by atoms with Crippen molar-refractivity contribution in [2.75, 3.05) is 11.4 Å². The van der Waals surface area contributed by atoms with Gasteiger partial charge >= 0.3 is 0 Å². The molecule has 1 aromatic carbocycles. The molecule has 0 fully saturated rings. The Morgan fingerprint density at radius 3 is 3.04 bits per heavy atom. The summed E-state index contributed by atoms with van der Waals surface area (Å²) in [7, 11) is 0. The van der Waals surface area contributed by atoms with Crippen LogP contribution in [0.4, 0.5) is 5.69 Å². The van der Waals surface area contributed by atoms with E-state index in [1.54, 1.807) is 4.90 Å². The van der Waals surface area contributed by atoms with Gasteiger partial charge in [0.15, 0.2) is 0 Å². The second kappa shape index (κ2) is 6.11. The van der Waals surface area contributed by atoms with Crippen molar-refractivity contribution in [3.63, 3.8) is 0 Å². The second-order valence-corrected chi connectivity index (χ2v) is 6.49. The van der Waals surface area contributed by atoms with E-state index in [-0.39, 0.29) is 24.4 Å². The van der Waals surface area contributed by atoms with E-state index in [0.717, 1.165) is 36.9 Å². The lowest BCUT2D eigenvalue weighted by molar-refractivity contribution is -0.124. The highest BCUT2D eigenvalue weighted by molar-refractivity contribution is 6.01. The summed E-state index contributed by atoms with van der Waals surface area (Å²) >= 11 is 0. The molecule has 24 heavy (non-hydrogen) atoms. The number of aryl methyl sites for hydroxylation is 2. The number of hydrogen-bond donors (Lipinski definition) is 2. The first-order valence-electron chi connectivity index (χ1n) is 8.39. The van der Waals surface area contributed by atoms with Gasteiger partial charge in [0.25, 0.3) is 0 Å². The van der Waals surface area contributed by atoms with Crippen LogP contribution in [0, 0.1) is 0 Å². The summed E-state index contributed by atoms with van der Waals surface area (Å²) in [5.41, 5.74) is 4.34. The molecule has 6 heteroatoms. The monoisotopic (exact) mass is 324 g/mol. The molecule has 1 atom stereocenters. The fourth-order valence-corrected chi connectivity index (χ4v) is 3.63. The second-order valence-electron chi connectivity index (χ2n) is 6.49. The van der Waals surface area contributed by atoms with Crippen LogP contribution in [0.15, 0.2) is 30.5 Å². The molecule has 2 amide bonds. The van der Waals surface area contributed by atoms with Crippen molar-refractivity contribution in [1.82, 2.24) is 15.5 Å². The van der Waals surface area contributed by atoms with Crippen LogP contribution in [-0.2, 0) is 28.9 Å². The van der Waals surface area contributed by atoms with Gasteiger partial charge in [-0.05, 0) is 42.9 Å². The Kier molecular flexibility index (Phi) is 3.80. The first-order valence-corrected chi connectivity index (χ1v) is 8.39. The number of aromatic amines is 1. The molecule has 2 aliphatic rings. The molecule has 6 nitrogen and oxygen atoms in total. The number of rotatable bonds is 3. The fraction of sp³-hybridized carbons (Fsp3) is 0.389. The molecule has 4 rings (SSSR count). The number of hydrogen-bond acceptors (Lipinski definition) is 3. The van der Waals surface area contributed by atoms with E-state index >= 15 is 0 Å². The standard InChI is InChI=1S/C18H20N4O2/c23-17(20-14-6-7-15-13(9-14)10-19-21-15)11-22-16-4-2-1-3-12(16)5-8-18(22)24/h1-4,10,14H,5-9,11H2,(H,19,21)(H,20,23). The molecule has 0 bridgehead atoms. The van der Waals surface area contributed by atoms with Crippen LogP contribution in [0.3, 0.4) is 0 Å². The lowest BCUT2D eigenvalue weighted by Gasteiger charge is -2.30. The van der Waals surface area contributed by atoms with E-state index in [2.05, 4.69) is 15.5 Å². The van der Waals surface area contributed by atoms with E-state index in [0.29, 0.717) is 6.42 Å². The third kappa shape index (κ3) is 2.79. The van der Waals surface area contributed by atoms with Crippen molar-refractivity contribution in [3.05, 3.63) is 47.3 Å². The number of nitrogens with zero attached hydrogens (tertiary/aromatic N) is 2. The van der Waals surface area contributed by atoms with E-state index in [1.165, 1.54) is 11.3 Å². The maximum absolute atomic E-state index is 12.5. The van der Waals surface area contributed by atoms with E-state index < -0.39 is 0 Å². The van der Waals surface area contributed by atoms with Gasteiger partial charge in [-0.3, -0.25) is 14.7 Å². The predicted octanol–water partition coefficient (Wildman–Crippen LogP) is 1.36. The number of anilines is 1. The molecule has 0 saturated carbocycles. The molecular weight excluding hydrogens is 304 g/mol. The number of carbonyl (C=O) groups is 2. The zero-order valence-corrected chi connectivity index (χ0v) is 13.4. The maximum Gasteiger partial charge on any atom is 0.240 e. The minimum absolute atomic E-state index is 0.0182. The molecule has 1 aliphatic carbocycles. The SMILES string of the molecule is O=C(CN1C(=O)CCc2ccccc21)NC1CCc2[nH]ncc2C1. The Hall–Kier alpha value is -2.63. The molecule has 0 spiro atoms. The lowest BCUT2D eigenvalue weighted by atomic mass is 9.93. The summed E-state index contributed by atoms with van der Waals surface area (Å²) < 4.78 is 0. The van der Waals surface area contributed by atoms with Crippen molar-refractivity contribution in [2.45, 2.75) is 38.1 Å². The summed E-state index contributed by atoms with van der Waals surface area (Å²) in [6, 6.07) is 7.92. The largest absolute Gasteiger partial charge is 0.351 e. The van der Waals surface area contributed by atoms with Gasteiger partial charge in [-0.1, -0.05) is 18.2 Å². The van der Waals surface area contributed by atoms with Crippen LogP contribution in [0.5, 0.6) is 0 Å². The van der Waals surface area contributed by atoms with Gasteiger partial charge in [0.1, 0.15) is 6.54 Å². The van der Waals surface area contributed by atoms with Crippen LogP contribution < -0.4 is 10.2 Å². The van der Waals surface area contributed by atoms with Crippen LogP contribution >= 0.6 is 0 Å². The molecular formula is C18H20N4O2. The van der Waals surface area contributed by atoms with Gasteiger partial charge in [0.2, 0.25) is 11.8 Å². The van der Waals surface area contributed by atoms with Crippen molar-refractivity contribution in [3.8, 4) is 0 Å². The Labute approximate surface area is 140 Å². The third-order valence-electron chi connectivity index (χ3n) is 4.88. The number of para-hydroxylation sites is 1. The van der Waals surface area contributed by atoms with Crippen molar-refractivity contribution >= 4 is 17.5 Å². The Morgan fingerprint density at radius 1 is 1.25 bits per heavy atom. The molecule has 1 unspecified atom stereocenters. The highest BCUT2D eigenvalue weighted by Crippen LogP contribution is 2.27. The van der Waals surface area contributed by atoms with Crippen molar-refractivity contribution < 1.29 is 9.59 Å². The fourth-order valence-electron chi connectivity index (χ4n) is 3.63. The van der Waals surface area contributed by atoms with Crippen molar-refractivity contribution in [1.29, 1.82) is 0 Å². The smallest absolute Gasteiger partial charge is 0.240 e. The Morgan fingerprint density at radius 2 is 2.12 bits per heavy atom. The zero-order chi connectivity index (χ0) is 16.5. The highest BCUT2D eigenvalue weighted by Gasteiger charge is 2.27. The Balaban J connectivity index is 1.42. The summed E-state index contributed by atoms with van der Waals surface area (Å²) in [6.07, 6.45) is 5.63. The predicted molar refractivity (Wildman–Crippen MR) is 89.7 cm³/mol. The van der Waals surface area contributed by atoms with Gasteiger partial charge in [-0.25, -0.2) is 0 Å². The molecule has 0 radical (unpaired) electrons. The number of nitrogens with one attached hydrogen (secondary N) is 2. The summed E-state index contributed by atoms with van der Waals surface area (Å²) in [6.45, 7) is 0.0879. The first kappa shape index (κ1) is 14.9. The number of aromatic nitrogens is 2. The average Bonchev–Trinajstić information content (AvgIpc) is 3.05. The van der Waals surface area contributed by atoms with Gasteiger partial charge in [0.05, 0.1) is 6.20 Å². The normalized spacial score (nSPS) is 19.6. The van der Waals surface area contributed by atoms with Crippen LogP contribution in [-0.4, -0.2) is 34.6 Å². The summed E-state index contributed by atoms with van der Waals surface area (Å²) in [5, 5.41) is 10.1. The van der Waals surface area contributed by atoms with Gasteiger partial charge < -0.3 is 10.2 Å². The minimum atomic E-state index is -0.100. The van der Waals surface area contributed by atoms with E-state index in [4.69, 9.17) is 0 Å². The van der Waals surface area contributed by atoms with Gasteiger partial charge in [0, 0.05) is 23.8 Å². The highest BCUT2D eigenvalue weighted by atomic mass is 16.2. The molecule has 0 saturated heterocycles. The Bertz CT molecular complexity index is 783. The summed E-state index contributed by atoms with van der Waals surface area (Å²) in [5.74, 6) is -0.0818. The number of carbonyl (C=O) groups excluding carboxylic acids is 2. The molecule has 124 valence electrons. The van der Waals surface area contributed by atoms with Gasteiger partial charge in [-0.2, -0.15) is 5.10 Å². The lowest BCUT2D eigenvalue weighted by Crippen LogP contribution is -2.47. The van der Waals surface area contributed by atoms with Crippen molar-refractivity contribution in [2.24, 2.45) is 0 Å². The molecule has 1 aliphatic heterocycles.